The van der Waals surface area contributed by atoms with Gasteiger partial charge in [-0.2, -0.15) is 13.2 Å². The van der Waals surface area contributed by atoms with Crippen LogP contribution in [0.15, 0.2) is 24.3 Å². The molecule has 1 heterocycles. The molecule has 0 atom stereocenters. The lowest BCUT2D eigenvalue weighted by Crippen LogP contribution is -2.12. The first-order valence-electron chi connectivity index (χ1n) is 5.14. The number of carbonyl (C=O) groups is 1. The second-order valence-corrected chi connectivity index (χ2v) is 3.71. The van der Waals surface area contributed by atoms with Crippen molar-refractivity contribution in [3.8, 4) is 5.69 Å². The normalized spacial score (nSPS) is 11.6. The van der Waals surface area contributed by atoms with Crippen LogP contribution in [-0.4, -0.2) is 25.8 Å². The molecule has 0 fully saturated rings. The Morgan fingerprint density at radius 1 is 1.32 bits per heavy atom. The van der Waals surface area contributed by atoms with E-state index in [9.17, 15) is 18.0 Å². The number of aromatic nitrogens is 3. The summed E-state index contributed by atoms with van der Waals surface area (Å²) >= 11 is 0. The average Bonchev–Trinajstić information content (AvgIpc) is 2.70. The van der Waals surface area contributed by atoms with Gasteiger partial charge in [-0.1, -0.05) is 12.1 Å². The fourth-order valence-electron chi connectivity index (χ4n) is 1.61. The van der Waals surface area contributed by atoms with E-state index in [1.54, 1.807) is 0 Å². The van der Waals surface area contributed by atoms with Crippen LogP contribution in [0.25, 0.3) is 5.69 Å². The molecular weight excluding hydrogens is 263 g/mol. The molecule has 0 radical (unpaired) electrons. The first kappa shape index (κ1) is 13.1. The highest BCUT2D eigenvalue weighted by Gasteiger charge is 2.34. The highest BCUT2D eigenvalue weighted by molar-refractivity contribution is 5.83. The molecule has 0 bridgehead atoms. The van der Waals surface area contributed by atoms with Gasteiger partial charge in [0.15, 0.2) is 0 Å². The van der Waals surface area contributed by atoms with Crippen LogP contribution in [0.1, 0.15) is 22.0 Å². The van der Waals surface area contributed by atoms with Gasteiger partial charge in [-0.15, -0.1) is 5.10 Å². The lowest BCUT2D eigenvalue weighted by molar-refractivity contribution is -0.137. The van der Waals surface area contributed by atoms with Gasteiger partial charge in [0, 0.05) is 0 Å². The van der Waals surface area contributed by atoms with E-state index in [0.29, 0.717) is 0 Å². The number of hydrogen-bond acceptors (Lipinski definition) is 3. The van der Waals surface area contributed by atoms with E-state index in [2.05, 4.69) is 10.1 Å². The molecule has 2 aromatic rings. The van der Waals surface area contributed by atoms with Crippen LogP contribution < -0.4 is 0 Å². The van der Waals surface area contributed by atoms with Crippen LogP contribution in [0.4, 0.5) is 13.2 Å². The largest absolute Gasteiger partial charge is 0.475 e. The van der Waals surface area contributed by atoms with Gasteiger partial charge in [-0.05, 0) is 19.1 Å². The van der Waals surface area contributed by atoms with Crippen LogP contribution in [0.5, 0.6) is 0 Å². The molecule has 0 saturated carbocycles. The molecule has 1 aromatic carbocycles. The van der Waals surface area contributed by atoms with Crippen molar-refractivity contribution in [1.29, 1.82) is 0 Å². The maximum Gasteiger partial charge on any atom is 0.418 e. The standard InChI is InChI=1S/C11H8F3N3O2/c1-6-15-9(10(18)19)16-17(6)8-5-3-2-4-7(8)11(12,13)14/h2-5H,1H3,(H,18,19). The number of benzene rings is 1. The molecule has 19 heavy (non-hydrogen) atoms. The lowest BCUT2D eigenvalue weighted by Gasteiger charge is -2.12. The first-order valence-corrected chi connectivity index (χ1v) is 5.14. The Morgan fingerprint density at radius 3 is 2.47 bits per heavy atom. The third-order valence-electron chi connectivity index (χ3n) is 2.40. The summed E-state index contributed by atoms with van der Waals surface area (Å²) in [5.74, 6) is -1.88. The number of carboxylic acids is 1. The van der Waals surface area contributed by atoms with Gasteiger partial charge >= 0.3 is 12.1 Å². The van der Waals surface area contributed by atoms with Crippen molar-refractivity contribution in [3.05, 3.63) is 41.5 Å². The molecule has 0 aliphatic heterocycles. The van der Waals surface area contributed by atoms with E-state index in [-0.39, 0.29) is 11.5 Å². The topological polar surface area (TPSA) is 68.0 Å². The monoisotopic (exact) mass is 271 g/mol. The first-order chi connectivity index (χ1) is 8.80. The molecule has 0 saturated heterocycles. The number of halogens is 3. The summed E-state index contributed by atoms with van der Waals surface area (Å²) in [5, 5.41) is 12.3. The van der Waals surface area contributed by atoms with Crippen molar-refractivity contribution in [1.82, 2.24) is 14.8 Å². The van der Waals surface area contributed by atoms with E-state index < -0.39 is 23.5 Å². The van der Waals surface area contributed by atoms with Crippen LogP contribution >= 0.6 is 0 Å². The smallest absolute Gasteiger partial charge is 0.418 e. The Balaban J connectivity index is 2.63. The molecule has 100 valence electrons. The predicted octanol–water partition coefficient (Wildman–Crippen LogP) is 2.29. The van der Waals surface area contributed by atoms with Gasteiger partial charge in [0.05, 0.1) is 11.3 Å². The highest BCUT2D eigenvalue weighted by Crippen LogP contribution is 2.33. The molecule has 0 aliphatic rings. The summed E-state index contributed by atoms with van der Waals surface area (Å²) < 4.78 is 39.4. The third-order valence-corrected chi connectivity index (χ3v) is 2.40. The van der Waals surface area contributed by atoms with Gasteiger partial charge in [0.25, 0.3) is 5.82 Å². The fraction of sp³-hybridized carbons (Fsp3) is 0.182. The number of hydrogen-bond donors (Lipinski definition) is 1. The molecule has 8 heteroatoms. The number of alkyl halides is 3. The highest BCUT2D eigenvalue weighted by atomic mass is 19.4. The van der Waals surface area contributed by atoms with Crippen LogP contribution in [0, 0.1) is 6.92 Å². The zero-order chi connectivity index (χ0) is 14.2. The Kier molecular flexibility index (Phi) is 3.01. The maximum absolute atomic E-state index is 12.9. The summed E-state index contributed by atoms with van der Waals surface area (Å²) in [6.45, 7) is 1.38. The van der Waals surface area contributed by atoms with Crippen molar-refractivity contribution in [2.24, 2.45) is 0 Å². The second-order valence-electron chi connectivity index (χ2n) is 3.71. The van der Waals surface area contributed by atoms with Crippen LogP contribution in [-0.2, 0) is 6.18 Å². The van der Waals surface area contributed by atoms with Gasteiger partial charge < -0.3 is 5.11 Å². The number of aromatic carboxylic acids is 1. The van der Waals surface area contributed by atoms with Crippen molar-refractivity contribution in [2.45, 2.75) is 13.1 Å². The molecule has 2 rings (SSSR count). The third kappa shape index (κ3) is 2.42. The number of carboxylic acid groups (broad SMARTS) is 1. The molecule has 1 aromatic heterocycles. The lowest BCUT2D eigenvalue weighted by atomic mass is 10.1. The molecule has 0 aliphatic carbocycles. The molecule has 1 N–H and O–H groups in total. The minimum absolute atomic E-state index is 0.0640. The number of aryl methyl sites for hydroxylation is 1. The van der Waals surface area contributed by atoms with Crippen molar-refractivity contribution >= 4 is 5.97 Å². The molecule has 0 amide bonds. The molecular formula is C11H8F3N3O2. The van der Waals surface area contributed by atoms with E-state index in [4.69, 9.17) is 5.11 Å². The van der Waals surface area contributed by atoms with Crippen molar-refractivity contribution in [2.75, 3.05) is 0 Å². The second kappa shape index (κ2) is 4.38. The molecule has 5 nitrogen and oxygen atoms in total. The Morgan fingerprint density at radius 2 is 1.95 bits per heavy atom. The van der Waals surface area contributed by atoms with Crippen molar-refractivity contribution < 1.29 is 23.1 Å². The van der Waals surface area contributed by atoms with Gasteiger partial charge in [0.1, 0.15) is 5.82 Å². The summed E-state index contributed by atoms with van der Waals surface area (Å²) in [6, 6.07) is 4.76. The summed E-state index contributed by atoms with van der Waals surface area (Å²) in [7, 11) is 0. The van der Waals surface area contributed by atoms with E-state index >= 15 is 0 Å². The Hall–Kier alpha value is -2.38. The van der Waals surface area contributed by atoms with E-state index in [1.807, 2.05) is 0 Å². The quantitative estimate of drug-likeness (QED) is 0.909. The zero-order valence-corrected chi connectivity index (χ0v) is 9.64. The van der Waals surface area contributed by atoms with Gasteiger partial charge in [-0.3, -0.25) is 0 Å². The number of rotatable bonds is 2. The minimum atomic E-state index is -4.56. The van der Waals surface area contributed by atoms with E-state index in [0.717, 1.165) is 10.7 Å². The van der Waals surface area contributed by atoms with E-state index in [1.165, 1.54) is 25.1 Å². The predicted molar refractivity (Wildman–Crippen MR) is 58.1 cm³/mol. The fourth-order valence-corrected chi connectivity index (χ4v) is 1.61. The van der Waals surface area contributed by atoms with Crippen LogP contribution in [0.2, 0.25) is 0 Å². The summed E-state index contributed by atoms with van der Waals surface area (Å²) in [4.78, 5) is 14.3. The van der Waals surface area contributed by atoms with Gasteiger partial charge in [0.2, 0.25) is 0 Å². The summed E-state index contributed by atoms with van der Waals surface area (Å²) in [6.07, 6.45) is -4.56. The Labute approximate surface area is 105 Å². The zero-order valence-electron chi connectivity index (χ0n) is 9.64. The van der Waals surface area contributed by atoms with Crippen molar-refractivity contribution in [3.63, 3.8) is 0 Å². The Bertz CT molecular complexity index is 634. The summed E-state index contributed by atoms with van der Waals surface area (Å²) in [5.41, 5.74) is -1.16. The number of nitrogens with zero attached hydrogens (tertiary/aromatic N) is 3. The average molecular weight is 271 g/mol. The van der Waals surface area contributed by atoms with Crippen LogP contribution in [0.3, 0.4) is 0 Å². The van der Waals surface area contributed by atoms with Gasteiger partial charge in [-0.25, -0.2) is 14.5 Å². The number of para-hydroxylation sites is 1. The maximum atomic E-state index is 12.9. The SMILES string of the molecule is Cc1nc(C(=O)O)nn1-c1ccccc1C(F)(F)F. The molecule has 0 unspecified atom stereocenters. The molecule has 0 spiro atoms. The minimum Gasteiger partial charge on any atom is -0.475 e.